The van der Waals surface area contributed by atoms with Crippen LogP contribution in [0, 0.1) is 37.5 Å². The summed E-state index contributed by atoms with van der Waals surface area (Å²) < 4.78 is 5.55. The highest BCUT2D eigenvalue weighted by molar-refractivity contribution is 5.47. The van der Waals surface area contributed by atoms with Gasteiger partial charge in [0.2, 0.25) is 0 Å². The summed E-state index contributed by atoms with van der Waals surface area (Å²) >= 11 is 0. The summed E-state index contributed by atoms with van der Waals surface area (Å²) in [6.07, 6.45) is 20.1. The predicted molar refractivity (Wildman–Crippen MR) is 85.0 cm³/mol. The van der Waals surface area contributed by atoms with Crippen molar-refractivity contribution in [3.8, 4) is 0 Å². The molecule has 1 nitrogen and oxygen atoms in total. The Morgan fingerprint density at radius 3 is 2.30 bits per heavy atom. The number of methoxy groups -OCH3 is 1. The van der Waals surface area contributed by atoms with E-state index in [0.717, 1.165) is 18.6 Å². The van der Waals surface area contributed by atoms with Crippen LogP contribution in [-0.2, 0) is 4.74 Å². The molecule has 0 bridgehead atoms. The minimum absolute atomic E-state index is 0.352. The van der Waals surface area contributed by atoms with Gasteiger partial charge < -0.3 is 4.74 Å². The van der Waals surface area contributed by atoms with Crippen molar-refractivity contribution < 1.29 is 4.74 Å². The number of rotatable bonds is 6. The topological polar surface area (TPSA) is 9.23 Å². The van der Waals surface area contributed by atoms with E-state index in [1.54, 1.807) is 7.11 Å². The van der Waals surface area contributed by atoms with E-state index in [1.165, 1.54) is 29.9 Å². The Morgan fingerprint density at radius 2 is 1.70 bits per heavy atom. The summed E-state index contributed by atoms with van der Waals surface area (Å²) in [5.74, 6) is 2.71. The molecule has 20 heavy (non-hydrogen) atoms. The van der Waals surface area contributed by atoms with Crippen molar-refractivity contribution >= 4 is 0 Å². The second kappa shape index (κ2) is 7.71. The van der Waals surface area contributed by atoms with Crippen LogP contribution in [0.5, 0.6) is 0 Å². The van der Waals surface area contributed by atoms with E-state index in [-0.39, 0.29) is 0 Å². The van der Waals surface area contributed by atoms with Gasteiger partial charge in [-0.3, -0.25) is 0 Å². The predicted octanol–water partition coefficient (Wildman–Crippen LogP) is 5.00. The van der Waals surface area contributed by atoms with Crippen LogP contribution in [0.1, 0.15) is 39.5 Å². The lowest BCUT2D eigenvalue weighted by molar-refractivity contribution is 0.303. The molecule has 0 heterocycles. The Morgan fingerprint density at radius 1 is 1.00 bits per heavy atom. The molecule has 0 amide bonds. The zero-order valence-corrected chi connectivity index (χ0v) is 12.9. The van der Waals surface area contributed by atoms with Gasteiger partial charge in [0.05, 0.1) is 7.11 Å². The van der Waals surface area contributed by atoms with Crippen molar-refractivity contribution in [2.24, 2.45) is 5.92 Å². The van der Waals surface area contributed by atoms with E-state index in [9.17, 15) is 0 Å². The van der Waals surface area contributed by atoms with Crippen LogP contribution in [0.4, 0.5) is 0 Å². The molecule has 0 aromatic carbocycles. The van der Waals surface area contributed by atoms with E-state index in [0.29, 0.717) is 5.92 Å². The van der Waals surface area contributed by atoms with Crippen LogP contribution in [0.25, 0.3) is 0 Å². The van der Waals surface area contributed by atoms with Gasteiger partial charge in [-0.1, -0.05) is 38.3 Å². The summed E-state index contributed by atoms with van der Waals surface area (Å²) in [6.45, 7) is 4.47. The molecule has 2 aliphatic carbocycles. The lowest BCUT2D eigenvalue weighted by Crippen LogP contribution is -2.12. The van der Waals surface area contributed by atoms with Crippen molar-refractivity contribution in [3.05, 3.63) is 66.7 Å². The molecule has 0 N–H and O–H groups in total. The summed E-state index contributed by atoms with van der Waals surface area (Å²) in [6, 6.07) is 0. The average Bonchev–Trinajstić information content (AvgIpc) is 2.91. The molecule has 0 spiro atoms. The summed E-state index contributed by atoms with van der Waals surface area (Å²) in [5, 5.41) is 0. The van der Waals surface area contributed by atoms with Gasteiger partial charge in [0.25, 0.3) is 0 Å². The van der Waals surface area contributed by atoms with E-state index in [4.69, 9.17) is 4.74 Å². The highest BCUT2D eigenvalue weighted by Crippen LogP contribution is 2.39. The third-order valence-electron chi connectivity index (χ3n) is 3.79. The lowest BCUT2D eigenvalue weighted by Gasteiger charge is -2.22. The van der Waals surface area contributed by atoms with E-state index >= 15 is 0 Å². The standard InChI is InChI=1S/C19H25O/c1-4-8-15-12-17(9-5-2)19(14-18(13-15)20-3)16-10-6-7-11-16/h6-7,10-14,19H,4-5,8-9H2,1-3H3. The third-order valence-corrected chi connectivity index (χ3v) is 3.79. The minimum atomic E-state index is 0.352. The van der Waals surface area contributed by atoms with Crippen LogP contribution < -0.4 is 0 Å². The molecule has 107 valence electrons. The fourth-order valence-electron chi connectivity index (χ4n) is 2.85. The maximum absolute atomic E-state index is 5.55. The maximum Gasteiger partial charge on any atom is 0.115 e. The molecular weight excluding hydrogens is 244 g/mol. The SMILES string of the molecule is CCCC1=CC(OC)=CC([C]2[CH][CH][CH][CH]2)C(CCC)=C1. The number of allylic oxidation sites excluding steroid dienone is 5. The first kappa shape index (κ1) is 15.4. The van der Waals surface area contributed by atoms with E-state index in [2.05, 4.69) is 57.8 Å². The maximum atomic E-state index is 5.55. The Labute approximate surface area is 124 Å². The molecule has 1 unspecified atom stereocenters. The molecule has 2 aliphatic rings. The Bertz CT molecular complexity index is 394. The van der Waals surface area contributed by atoms with Gasteiger partial charge in [-0.2, -0.15) is 0 Å². The Hall–Kier alpha value is -0.980. The van der Waals surface area contributed by atoms with Gasteiger partial charge in [-0.15, -0.1) is 0 Å². The highest BCUT2D eigenvalue weighted by Gasteiger charge is 2.28. The average molecular weight is 269 g/mol. The van der Waals surface area contributed by atoms with Crippen molar-refractivity contribution in [1.29, 1.82) is 0 Å². The normalized spacial score (nSPS) is 23.9. The summed E-state index contributed by atoms with van der Waals surface area (Å²) in [7, 11) is 1.76. The molecule has 1 saturated carbocycles. The first-order valence-electron chi connectivity index (χ1n) is 7.67. The molecule has 0 aliphatic heterocycles. The van der Waals surface area contributed by atoms with E-state index < -0.39 is 0 Å². The Kier molecular flexibility index (Phi) is 5.94. The van der Waals surface area contributed by atoms with Gasteiger partial charge in [0.1, 0.15) is 5.76 Å². The molecule has 0 aromatic heterocycles. The lowest BCUT2D eigenvalue weighted by atomic mass is 9.82. The first-order chi connectivity index (χ1) is 9.78. The quantitative estimate of drug-likeness (QED) is 0.659. The summed E-state index contributed by atoms with van der Waals surface area (Å²) in [5.41, 5.74) is 2.89. The van der Waals surface area contributed by atoms with Crippen molar-refractivity contribution in [1.82, 2.24) is 0 Å². The van der Waals surface area contributed by atoms with Crippen molar-refractivity contribution in [2.75, 3.05) is 7.11 Å². The minimum Gasteiger partial charge on any atom is -0.497 e. The first-order valence-corrected chi connectivity index (χ1v) is 7.67. The van der Waals surface area contributed by atoms with Crippen LogP contribution in [-0.4, -0.2) is 7.11 Å². The van der Waals surface area contributed by atoms with Crippen LogP contribution in [0.15, 0.2) is 35.1 Å². The zero-order valence-electron chi connectivity index (χ0n) is 12.9. The van der Waals surface area contributed by atoms with Crippen LogP contribution in [0.2, 0.25) is 0 Å². The largest absolute Gasteiger partial charge is 0.497 e. The van der Waals surface area contributed by atoms with Crippen LogP contribution >= 0.6 is 0 Å². The molecule has 1 fully saturated rings. The van der Waals surface area contributed by atoms with Crippen molar-refractivity contribution in [3.63, 3.8) is 0 Å². The third kappa shape index (κ3) is 3.77. The van der Waals surface area contributed by atoms with Gasteiger partial charge in [0, 0.05) is 5.92 Å². The molecular formula is C19H25O. The van der Waals surface area contributed by atoms with Gasteiger partial charge in [0.15, 0.2) is 0 Å². The number of hydrogen-bond donors (Lipinski definition) is 0. The molecule has 1 heteroatoms. The smallest absolute Gasteiger partial charge is 0.115 e. The fourth-order valence-corrected chi connectivity index (χ4v) is 2.85. The van der Waals surface area contributed by atoms with Crippen molar-refractivity contribution in [2.45, 2.75) is 39.5 Å². The molecule has 5 radical (unpaired) electrons. The molecule has 0 aromatic rings. The molecule has 0 saturated heterocycles. The fraction of sp³-hybridized carbons (Fsp3) is 0.421. The monoisotopic (exact) mass is 269 g/mol. The second-order valence-corrected chi connectivity index (χ2v) is 5.41. The van der Waals surface area contributed by atoms with E-state index in [1.807, 2.05) is 0 Å². The Balaban J connectivity index is 2.29. The molecule has 2 rings (SSSR count). The highest BCUT2D eigenvalue weighted by atomic mass is 16.5. The van der Waals surface area contributed by atoms with Crippen LogP contribution in [0.3, 0.4) is 0 Å². The number of ether oxygens (including phenoxy) is 1. The zero-order chi connectivity index (χ0) is 14.4. The van der Waals surface area contributed by atoms with Gasteiger partial charge in [-0.05, 0) is 62.2 Å². The number of hydrogen-bond acceptors (Lipinski definition) is 1. The van der Waals surface area contributed by atoms with Gasteiger partial charge in [-0.25, -0.2) is 0 Å². The van der Waals surface area contributed by atoms with Gasteiger partial charge >= 0.3 is 0 Å². The molecule has 1 atom stereocenters. The summed E-state index contributed by atoms with van der Waals surface area (Å²) in [4.78, 5) is 0. The second-order valence-electron chi connectivity index (χ2n) is 5.41.